The van der Waals surface area contributed by atoms with Crippen LogP contribution in [0.1, 0.15) is 38.3 Å². The molecule has 1 nitrogen and oxygen atoms in total. The third-order valence-corrected chi connectivity index (χ3v) is 3.97. The van der Waals surface area contributed by atoms with E-state index >= 15 is 0 Å². The second kappa shape index (κ2) is 7.81. The normalized spacial score (nSPS) is 14.5. The number of hydrogen-bond acceptors (Lipinski definition) is 1. The van der Waals surface area contributed by atoms with E-state index in [9.17, 15) is 0 Å². The third kappa shape index (κ3) is 4.99. The maximum Gasteiger partial charge on any atom is 0.0440 e. The molecule has 0 radical (unpaired) electrons. The van der Waals surface area contributed by atoms with E-state index < -0.39 is 0 Å². The van der Waals surface area contributed by atoms with Gasteiger partial charge in [0.05, 0.1) is 0 Å². The van der Waals surface area contributed by atoms with E-state index in [4.69, 9.17) is 11.6 Å². The highest BCUT2D eigenvalue weighted by Gasteiger charge is 2.14. The lowest BCUT2D eigenvalue weighted by molar-refractivity contribution is 0.365. The summed E-state index contributed by atoms with van der Waals surface area (Å²) in [6.07, 6.45) is 2.26. The lowest BCUT2D eigenvalue weighted by Crippen LogP contribution is -2.26. The minimum Gasteiger partial charge on any atom is -0.316 e. The van der Waals surface area contributed by atoms with Gasteiger partial charge in [-0.05, 0) is 61.9 Å². The predicted molar refractivity (Wildman–Crippen MR) is 81.4 cm³/mol. The number of halogens is 1. The average molecular weight is 268 g/mol. The van der Waals surface area contributed by atoms with Crippen molar-refractivity contribution in [1.82, 2.24) is 5.32 Å². The van der Waals surface area contributed by atoms with Crippen molar-refractivity contribution in [2.24, 2.45) is 11.8 Å². The number of aryl methyl sites for hydroxylation is 1. The Bertz CT molecular complexity index is 362. The van der Waals surface area contributed by atoms with Crippen LogP contribution < -0.4 is 5.32 Å². The van der Waals surface area contributed by atoms with Gasteiger partial charge in [-0.15, -0.1) is 0 Å². The van der Waals surface area contributed by atoms with Gasteiger partial charge in [-0.1, -0.05) is 44.5 Å². The number of nitrogens with one attached hydrogen (secondary N) is 1. The lowest BCUT2D eigenvalue weighted by Gasteiger charge is -2.21. The van der Waals surface area contributed by atoms with Crippen LogP contribution in [0.2, 0.25) is 5.02 Å². The molecule has 1 rings (SSSR count). The molecule has 1 N–H and O–H groups in total. The van der Waals surface area contributed by atoms with E-state index in [0.29, 0.717) is 11.8 Å². The molecule has 0 bridgehead atoms. The molecule has 2 unspecified atom stereocenters. The smallest absolute Gasteiger partial charge is 0.0440 e. The molecule has 0 amide bonds. The van der Waals surface area contributed by atoms with Crippen LogP contribution >= 0.6 is 11.6 Å². The summed E-state index contributed by atoms with van der Waals surface area (Å²) in [5.74, 6) is 1.32. The van der Waals surface area contributed by atoms with Gasteiger partial charge in [0.2, 0.25) is 0 Å². The van der Waals surface area contributed by atoms with Gasteiger partial charge in [0.25, 0.3) is 0 Å². The monoisotopic (exact) mass is 267 g/mol. The molecule has 0 aliphatic heterocycles. The van der Waals surface area contributed by atoms with Crippen LogP contribution in [-0.4, -0.2) is 13.1 Å². The van der Waals surface area contributed by atoms with Gasteiger partial charge in [-0.25, -0.2) is 0 Å². The Balaban J connectivity index is 2.50. The fourth-order valence-electron chi connectivity index (χ4n) is 2.07. The molecule has 2 atom stereocenters. The number of benzene rings is 1. The zero-order valence-electron chi connectivity index (χ0n) is 12.1. The van der Waals surface area contributed by atoms with E-state index in [1.54, 1.807) is 0 Å². The second-order valence-electron chi connectivity index (χ2n) is 5.46. The van der Waals surface area contributed by atoms with Crippen LogP contribution in [-0.2, 0) is 6.42 Å². The summed E-state index contributed by atoms with van der Waals surface area (Å²) >= 11 is 6.29. The Labute approximate surface area is 117 Å². The Kier molecular flexibility index (Phi) is 6.73. The standard InChI is InChI=1S/C16H26ClN/c1-5-8-18-11-14(4)13(3)10-15-7-6-12(2)9-16(15)17/h6-7,9,13-14,18H,5,8,10-11H2,1-4H3. The summed E-state index contributed by atoms with van der Waals surface area (Å²) in [4.78, 5) is 0. The maximum absolute atomic E-state index is 6.29. The first-order valence-electron chi connectivity index (χ1n) is 7.00. The van der Waals surface area contributed by atoms with Crippen molar-refractivity contribution < 1.29 is 0 Å². The van der Waals surface area contributed by atoms with Gasteiger partial charge in [0.15, 0.2) is 0 Å². The van der Waals surface area contributed by atoms with E-state index in [0.717, 1.165) is 24.5 Å². The molecule has 0 saturated carbocycles. The van der Waals surface area contributed by atoms with Crippen molar-refractivity contribution >= 4 is 11.6 Å². The molecule has 102 valence electrons. The maximum atomic E-state index is 6.29. The van der Waals surface area contributed by atoms with E-state index in [1.165, 1.54) is 17.5 Å². The first-order valence-corrected chi connectivity index (χ1v) is 7.38. The summed E-state index contributed by atoms with van der Waals surface area (Å²) < 4.78 is 0. The summed E-state index contributed by atoms with van der Waals surface area (Å²) in [6, 6.07) is 6.37. The van der Waals surface area contributed by atoms with E-state index in [2.05, 4.69) is 51.2 Å². The quantitative estimate of drug-likeness (QED) is 0.719. The molecule has 0 aliphatic carbocycles. The first kappa shape index (κ1) is 15.5. The Hall–Kier alpha value is -0.530. The van der Waals surface area contributed by atoms with Crippen molar-refractivity contribution in [2.45, 2.75) is 40.5 Å². The summed E-state index contributed by atoms with van der Waals surface area (Å²) in [5.41, 5.74) is 2.51. The molecule has 2 heteroatoms. The Morgan fingerprint density at radius 3 is 2.56 bits per heavy atom. The van der Waals surface area contributed by atoms with Crippen LogP contribution in [0.5, 0.6) is 0 Å². The van der Waals surface area contributed by atoms with Gasteiger partial charge in [0.1, 0.15) is 0 Å². The SMILES string of the molecule is CCCNCC(C)C(C)Cc1ccc(C)cc1Cl. The zero-order valence-corrected chi connectivity index (χ0v) is 12.8. The lowest BCUT2D eigenvalue weighted by atomic mass is 9.89. The Morgan fingerprint density at radius 2 is 1.94 bits per heavy atom. The van der Waals surface area contributed by atoms with Gasteiger partial charge >= 0.3 is 0 Å². The van der Waals surface area contributed by atoms with Gasteiger partial charge in [0, 0.05) is 5.02 Å². The fraction of sp³-hybridized carbons (Fsp3) is 0.625. The first-order chi connectivity index (χ1) is 8.54. The highest BCUT2D eigenvalue weighted by Crippen LogP contribution is 2.23. The molecule has 1 aromatic carbocycles. The van der Waals surface area contributed by atoms with Crippen LogP contribution in [0.15, 0.2) is 18.2 Å². The minimum absolute atomic E-state index is 0.648. The van der Waals surface area contributed by atoms with Crippen LogP contribution in [0, 0.1) is 18.8 Å². The predicted octanol–water partition coefficient (Wildman–Crippen LogP) is 4.46. The summed E-state index contributed by atoms with van der Waals surface area (Å²) in [5, 5.41) is 4.40. The molecule has 0 aromatic heterocycles. The fourth-order valence-corrected chi connectivity index (χ4v) is 2.39. The van der Waals surface area contributed by atoms with Crippen molar-refractivity contribution in [2.75, 3.05) is 13.1 Å². The number of rotatable bonds is 7. The molecule has 1 aromatic rings. The van der Waals surface area contributed by atoms with E-state index in [1.807, 2.05) is 0 Å². The molecular formula is C16H26ClN. The van der Waals surface area contributed by atoms with Crippen LogP contribution in [0.3, 0.4) is 0 Å². The summed E-state index contributed by atoms with van der Waals surface area (Å²) in [6.45, 7) is 11.1. The van der Waals surface area contributed by atoms with Gasteiger partial charge < -0.3 is 5.32 Å². The van der Waals surface area contributed by atoms with Crippen LogP contribution in [0.25, 0.3) is 0 Å². The molecular weight excluding hydrogens is 242 g/mol. The van der Waals surface area contributed by atoms with Gasteiger partial charge in [-0.2, -0.15) is 0 Å². The van der Waals surface area contributed by atoms with Crippen molar-refractivity contribution in [1.29, 1.82) is 0 Å². The average Bonchev–Trinajstić information content (AvgIpc) is 2.32. The van der Waals surface area contributed by atoms with Crippen LogP contribution in [0.4, 0.5) is 0 Å². The van der Waals surface area contributed by atoms with Crippen molar-refractivity contribution in [3.8, 4) is 0 Å². The second-order valence-corrected chi connectivity index (χ2v) is 5.86. The minimum atomic E-state index is 0.648. The molecule has 0 aliphatic rings. The largest absolute Gasteiger partial charge is 0.316 e. The number of hydrogen-bond donors (Lipinski definition) is 1. The Morgan fingerprint density at radius 1 is 1.22 bits per heavy atom. The molecule has 18 heavy (non-hydrogen) atoms. The molecule has 0 spiro atoms. The highest BCUT2D eigenvalue weighted by atomic mass is 35.5. The topological polar surface area (TPSA) is 12.0 Å². The third-order valence-electron chi connectivity index (χ3n) is 3.61. The van der Waals surface area contributed by atoms with Crippen molar-refractivity contribution in [3.63, 3.8) is 0 Å². The van der Waals surface area contributed by atoms with E-state index in [-0.39, 0.29) is 0 Å². The highest BCUT2D eigenvalue weighted by molar-refractivity contribution is 6.31. The van der Waals surface area contributed by atoms with Gasteiger partial charge in [-0.3, -0.25) is 0 Å². The molecule has 0 saturated heterocycles. The van der Waals surface area contributed by atoms with Crippen molar-refractivity contribution in [3.05, 3.63) is 34.3 Å². The zero-order chi connectivity index (χ0) is 13.5. The molecule has 0 fully saturated rings. The summed E-state index contributed by atoms with van der Waals surface area (Å²) in [7, 11) is 0. The molecule has 0 heterocycles.